The van der Waals surface area contributed by atoms with Crippen LogP contribution in [0.2, 0.25) is 0 Å². The number of benzene rings is 2. The van der Waals surface area contributed by atoms with Crippen molar-refractivity contribution in [2.75, 3.05) is 5.32 Å². The molecule has 1 aliphatic carbocycles. The molecule has 142 valence electrons. The standard InChI is InChI=1S/C23H23N3O2/c1-3-14(2)23(28)26-22-20(16-8-11-17(27)12-9-16)25-21-18-7-5-4-6-15(18)10-13-19(21)24-22/h4-9,11-12,14,27H,3,10,13H2,1-2H3,(H,24,26,28). The van der Waals surface area contributed by atoms with Crippen LogP contribution in [0.5, 0.6) is 5.75 Å². The van der Waals surface area contributed by atoms with Crippen molar-refractivity contribution in [3.8, 4) is 28.3 Å². The molecule has 0 bridgehead atoms. The molecule has 1 aromatic heterocycles. The number of aromatic hydroxyl groups is 1. The molecule has 1 aliphatic rings. The van der Waals surface area contributed by atoms with Crippen LogP contribution in [0.3, 0.4) is 0 Å². The summed E-state index contributed by atoms with van der Waals surface area (Å²) in [5.41, 5.74) is 5.54. The Labute approximate surface area is 164 Å². The summed E-state index contributed by atoms with van der Waals surface area (Å²) in [4.78, 5) is 22.3. The molecule has 5 heteroatoms. The normalized spacial score (nSPS) is 13.4. The Morgan fingerprint density at radius 2 is 1.82 bits per heavy atom. The fourth-order valence-corrected chi connectivity index (χ4v) is 3.42. The van der Waals surface area contributed by atoms with Gasteiger partial charge in [-0.3, -0.25) is 4.79 Å². The number of carbonyl (C=O) groups is 1. The van der Waals surface area contributed by atoms with E-state index in [1.165, 1.54) is 5.56 Å². The van der Waals surface area contributed by atoms with Crippen molar-refractivity contribution in [2.45, 2.75) is 33.1 Å². The molecule has 1 amide bonds. The van der Waals surface area contributed by atoms with Crippen LogP contribution in [0.15, 0.2) is 48.5 Å². The number of phenolic OH excluding ortho intramolecular Hbond substituents is 1. The number of rotatable bonds is 4. The van der Waals surface area contributed by atoms with E-state index in [9.17, 15) is 9.90 Å². The first kappa shape index (κ1) is 18.2. The Morgan fingerprint density at radius 3 is 2.57 bits per heavy atom. The number of aromatic nitrogens is 2. The van der Waals surface area contributed by atoms with Gasteiger partial charge in [0.25, 0.3) is 0 Å². The summed E-state index contributed by atoms with van der Waals surface area (Å²) in [6.45, 7) is 3.89. The van der Waals surface area contributed by atoms with Crippen molar-refractivity contribution in [3.63, 3.8) is 0 Å². The zero-order chi connectivity index (χ0) is 19.7. The topological polar surface area (TPSA) is 75.1 Å². The number of anilines is 1. The van der Waals surface area contributed by atoms with Crippen molar-refractivity contribution in [3.05, 3.63) is 59.8 Å². The van der Waals surface area contributed by atoms with E-state index >= 15 is 0 Å². The van der Waals surface area contributed by atoms with Crippen LogP contribution in [0.1, 0.15) is 31.5 Å². The maximum atomic E-state index is 12.5. The Bertz CT molecular complexity index is 1030. The summed E-state index contributed by atoms with van der Waals surface area (Å²) in [6, 6.07) is 15.1. The average Bonchev–Trinajstić information content (AvgIpc) is 2.73. The highest BCUT2D eigenvalue weighted by molar-refractivity contribution is 5.95. The summed E-state index contributed by atoms with van der Waals surface area (Å²) in [5.74, 6) is 0.499. The van der Waals surface area contributed by atoms with Crippen molar-refractivity contribution < 1.29 is 9.90 Å². The van der Waals surface area contributed by atoms with Gasteiger partial charge in [-0.25, -0.2) is 9.97 Å². The Kier molecular flexibility index (Phi) is 4.82. The molecule has 5 nitrogen and oxygen atoms in total. The van der Waals surface area contributed by atoms with Gasteiger partial charge in [-0.1, -0.05) is 38.1 Å². The molecule has 28 heavy (non-hydrogen) atoms. The van der Waals surface area contributed by atoms with Gasteiger partial charge in [0.15, 0.2) is 5.82 Å². The highest BCUT2D eigenvalue weighted by Gasteiger charge is 2.23. The Hall–Kier alpha value is -3.21. The molecular weight excluding hydrogens is 350 g/mol. The molecule has 0 radical (unpaired) electrons. The second kappa shape index (κ2) is 7.43. The molecule has 0 saturated heterocycles. The molecule has 3 aromatic rings. The molecule has 2 N–H and O–H groups in total. The molecule has 0 fully saturated rings. The first-order chi connectivity index (χ1) is 13.6. The van der Waals surface area contributed by atoms with Crippen LogP contribution in [0, 0.1) is 5.92 Å². The van der Waals surface area contributed by atoms with Crippen molar-refractivity contribution in [2.24, 2.45) is 5.92 Å². The van der Waals surface area contributed by atoms with Crippen LogP contribution in [0.25, 0.3) is 22.5 Å². The monoisotopic (exact) mass is 373 g/mol. The van der Waals surface area contributed by atoms with E-state index < -0.39 is 0 Å². The summed E-state index contributed by atoms with van der Waals surface area (Å²) >= 11 is 0. The lowest BCUT2D eigenvalue weighted by Crippen LogP contribution is -2.22. The number of fused-ring (bicyclic) bond motifs is 3. The van der Waals surface area contributed by atoms with Crippen LogP contribution < -0.4 is 5.32 Å². The van der Waals surface area contributed by atoms with Gasteiger partial charge in [-0.15, -0.1) is 0 Å². The first-order valence-corrected chi connectivity index (χ1v) is 9.66. The molecule has 2 aromatic carbocycles. The summed E-state index contributed by atoms with van der Waals surface area (Å²) in [5, 5.41) is 12.6. The quantitative estimate of drug-likeness (QED) is 0.701. The van der Waals surface area contributed by atoms with E-state index in [1.807, 2.05) is 26.0 Å². The smallest absolute Gasteiger partial charge is 0.228 e. The van der Waals surface area contributed by atoms with Gasteiger partial charge >= 0.3 is 0 Å². The zero-order valence-electron chi connectivity index (χ0n) is 16.1. The van der Waals surface area contributed by atoms with Gasteiger partial charge < -0.3 is 10.4 Å². The van der Waals surface area contributed by atoms with Crippen LogP contribution in [0.4, 0.5) is 5.82 Å². The lowest BCUT2D eigenvalue weighted by Gasteiger charge is -2.21. The number of carbonyl (C=O) groups excluding carboxylic acids is 1. The molecular formula is C23H23N3O2. The minimum absolute atomic E-state index is 0.0620. The fourth-order valence-electron chi connectivity index (χ4n) is 3.42. The number of phenols is 1. The zero-order valence-corrected chi connectivity index (χ0v) is 16.1. The highest BCUT2D eigenvalue weighted by Crippen LogP contribution is 2.36. The van der Waals surface area contributed by atoms with Crippen LogP contribution in [-0.2, 0) is 17.6 Å². The highest BCUT2D eigenvalue weighted by atomic mass is 16.3. The van der Waals surface area contributed by atoms with Gasteiger partial charge in [0.1, 0.15) is 11.4 Å². The number of nitrogens with one attached hydrogen (secondary N) is 1. The molecule has 1 atom stereocenters. The molecule has 4 rings (SSSR count). The number of hydrogen-bond acceptors (Lipinski definition) is 4. The van der Waals surface area contributed by atoms with E-state index in [-0.39, 0.29) is 17.6 Å². The lowest BCUT2D eigenvalue weighted by atomic mass is 9.91. The van der Waals surface area contributed by atoms with E-state index in [1.54, 1.807) is 24.3 Å². The van der Waals surface area contributed by atoms with Gasteiger partial charge in [0, 0.05) is 17.0 Å². The molecule has 1 heterocycles. The predicted molar refractivity (Wildman–Crippen MR) is 110 cm³/mol. The van der Waals surface area contributed by atoms with Gasteiger partial charge in [-0.05, 0) is 49.1 Å². The second-order valence-electron chi connectivity index (χ2n) is 7.22. The average molecular weight is 373 g/mol. The Balaban J connectivity index is 1.86. The number of aryl methyl sites for hydroxylation is 2. The third kappa shape index (κ3) is 3.36. The SMILES string of the molecule is CCC(C)C(=O)Nc1nc2c(nc1-c1ccc(O)cc1)-c1ccccc1CC2. The third-order valence-corrected chi connectivity index (χ3v) is 5.31. The largest absolute Gasteiger partial charge is 0.508 e. The van der Waals surface area contributed by atoms with E-state index in [0.29, 0.717) is 11.5 Å². The minimum Gasteiger partial charge on any atom is -0.508 e. The predicted octanol–water partition coefficient (Wildman–Crippen LogP) is 4.60. The van der Waals surface area contributed by atoms with Crippen molar-refractivity contribution >= 4 is 11.7 Å². The lowest BCUT2D eigenvalue weighted by molar-refractivity contribution is -0.119. The van der Waals surface area contributed by atoms with E-state index in [4.69, 9.17) is 9.97 Å². The molecule has 1 unspecified atom stereocenters. The van der Waals surface area contributed by atoms with Gasteiger partial charge in [-0.2, -0.15) is 0 Å². The second-order valence-corrected chi connectivity index (χ2v) is 7.22. The van der Waals surface area contributed by atoms with Crippen LogP contribution >= 0.6 is 0 Å². The van der Waals surface area contributed by atoms with E-state index in [0.717, 1.165) is 41.8 Å². The summed E-state index contributed by atoms with van der Waals surface area (Å²) in [7, 11) is 0. The first-order valence-electron chi connectivity index (χ1n) is 9.66. The molecule has 0 spiro atoms. The van der Waals surface area contributed by atoms with Gasteiger partial charge in [0.05, 0.1) is 11.4 Å². The summed E-state index contributed by atoms with van der Waals surface area (Å²) < 4.78 is 0. The van der Waals surface area contributed by atoms with Gasteiger partial charge in [0.2, 0.25) is 5.91 Å². The van der Waals surface area contributed by atoms with Crippen LogP contribution in [-0.4, -0.2) is 21.0 Å². The van der Waals surface area contributed by atoms with Crippen molar-refractivity contribution in [1.82, 2.24) is 9.97 Å². The Morgan fingerprint density at radius 1 is 1.07 bits per heavy atom. The van der Waals surface area contributed by atoms with E-state index in [2.05, 4.69) is 17.4 Å². The number of nitrogens with zero attached hydrogens (tertiary/aromatic N) is 2. The minimum atomic E-state index is -0.105. The summed E-state index contributed by atoms with van der Waals surface area (Å²) in [6.07, 6.45) is 2.46. The number of amides is 1. The number of hydrogen-bond donors (Lipinski definition) is 2. The fraction of sp³-hybridized carbons (Fsp3) is 0.261. The molecule has 0 aliphatic heterocycles. The third-order valence-electron chi connectivity index (χ3n) is 5.31. The maximum absolute atomic E-state index is 12.5. The molecule has 0 saturated carbocycles. The maximum Gasteiger partial charge on any atom is 0.228 e. The van der Waals surface area contributed by atoms with Crippen molar-refractivity contribution in [1.29, 1.82) is 0 Å².